The lowest BCUT2D eigenvalue weighted by Crippen LogP contribution is -2.14. The van der Waals surface area contributed by atoms with Crippen molar-refractivity contribution in [3.05, 3.63) is 42.0 Å². The van der Waals surface area contributed by atoms with Crippen molar-refractivity contribution in [2.24, 2.45) is 5.10 Å². The molecule has 0 spiro atoms. The molecule has 1 aromatic carbocycles. The van der Waals surface area contributed by atoms with Gasteiger partial charge in [-0.05, 0) is 24.6 Å². The van der Waals surface area contributed by atoms with Crippen molar-refractivity contribution in [1.29, 1.82) is 0 Å². The Morgan fingerprint density at radius 3 is 2.87 bits per heavy atom. The number of thioether (sulfide) groups is 1. The Balaban J connectivity index is 2.29. The first-order valence-corrected chi connectivity index (χ1v) is 8.36. The maximum absolute atomic E-state index is 13.4. The van der Waals surface area contributed by atoms with E-state index < -0.39 is 11.7 Å². The van der Waals surface area contributed by atoms with Crippen molar-refractivity contribution in [3.8, 4) is 5.75 Å². The highest BCUT2D eigenvalue weighted by molar-refractivity contribution is 8.14. The van der Waals surface area contributed by atoms with Gasteiger partial charge in [0.05, 0.1) is 11.4 Å². The summed E-state index contributed by atoms with van der Waals surface area (Å²) in [5, 5.41) is 6.54. The molecule has 0 saturated carbocycles. The molecule has 0 aliphatic carbocycles. The van der Waals surface area contributed by atoms with Crippen LogP contribution < -0.4 is 4.74 Å². The largest absolute Gasteiger partial charge is 0.490 e. The summed E-state index contributed by atoms with van der Waals surface area (Å²) in [6.45, 7) is 6.47. The van der Waals surface area contributed by atoms with Crippen LogP contribution in [0.3, 0.4) is 0 Å². The molecule has 0 radical (unpaired) electrons. The zero-order valence-electron chi connectivity index (χ0n) is 12.9. The highest BCUT2D eigenvalue weighted by atomic mass is 32.2. The van der Waals surface area contributed by atoms with Crippen molar-refractivity contribution >= 4 is 16.8 Å². The van der Waals surface area contributed by atoms with Crippen molar-refractivity contribution in [3.63, 3.8) is 0 Å². The third-order valence-electron chi connectivity index (χ3n) is 3.25. The van der Waals surface area contributed by atoms with Gasteiger partial charge in [-0.1, -0.05) is 37.8 Å². The number of nitrogens with zero attached hydrogens (tertiary/aromatic N) is 2. The molecule has 1 heterocycles. The predicted molar refractivity (Wildman–Crippen MR) is 87.7 cm³/mol. The van der Waals surface area contributed by atoms with E-state index in [1.165, 1.54) is 30.0 Å². The van der Waals surface area contributed by atoms with Crippen LogP contribution in [0.15, 0.2) is 36.0 Å². The number of unbranched alkanes of at least 4 members (excludes halogenated alkanes) is 1. The second-order valence-corrected chi connectivity index (χ2v) is 6.00. The monoisotopic (exact) mass is 344 g/mol. The van der Waals surface area contributed by atoms with Gasteiger partial charge in [0.2, 0.25) is 0 Å². The Kier molecular flexibility index (Phi) is 5.98. The Bertz CT molecular complexity index is 587. The molecule has 1 aliphatic rings. The SMILES string of the molecule is C=CCOc1ccc(C2=NN(CCCC)CS2)c(C(F)(F)F)c1. The minimum atomic E-state index is -4.46. The van der Waals surface area contributed by atoms with E-state index in [2.05, 4.69) is 18.6 Å². The summed E-state index contributed by atoms with van der Waals surface area (Å²) in [7, 11) is 0. The third kappa shape index (κ3) is 4.67. The van der Waals surface area contributed by atoms with Gasteiger partial charge in [0.1, 0.15) is 17.4 Å². The minimum absolute atomic E-state index is 0.104. The maximum atomic E-state index is 13.4. The fraction of sp³-hybridized carbons (Fsp3) is 0.438. The van der Waals surface area contributed by atoms with Crippen LogP contribution in [0.5, 0.6) is 5.75 Å². The average Bonchev–Trinajstić information content (AvgIpc) is 2.98. The van der Waals surface area contributed by atoms with E-state index in [1.807, 2.05) is 5.01 Å². The standard InChI is InChI=1S/C16H19F3N2OS/c1-3-5-8-21-11-23-15(20-21)13-7-6-12(22-9-4-2)10-14(13)16(17,18)19/h4,6-7,10H,2-3,5,8-9,11H2,1H3. The topological polar surface area (TPSA) is 24.8 Å². The van der Waals surface area contributed by atoms with Crippen LogP contribution in [-0.4, -0.2) is 29.1 Å². The molecule has 23 heavy (non-hydrogen) atoms. The van der Waals surface area contributed by atoms with Crippen LogP contribution in [-0.2, 0) is 6.18 Å². The van der Waals surface area contributed by atoms with E-state index in [-0.39, 0.29) is 17.9 Å². The maximum Gasteiger partial charge on any atom is 0.417 e. The van der Waals surface area contributed by atoms with E-state index in [4.69, 9.17) is 4.74 Å². The molecule has 126 valence electrons. The molecule has 0 unspecified atom stereocenters. The minimum Gasteiger partial charge on any atom is -0.490 e. The smallest absolute Gasteiger partial charge is 0.417 e. The summed E-state index contributed by atoms with van der Waals surface area (Å²) < 4.78 is 45.3. The number of rotatable bonds is 7. The van der Waals surface area contributed by atoms with Crippen LogP contribution in [0.2, 0.25) is 0 Å². The summed E-state index contributed by atoms with van der Waals surface area (Å²) in [5.74, 6) is 0.758. The zero-order chi connectivity index (χ0) is 16.9. The number of hydrazone groups is 1. The second-order valence-electron chi connectivity index (χ2n) is 5.07. The average molecular weight is 344 g/mol. The van der Waals surface area contributed by atoms with Gasteiger partial charge in [-0.2, -0.15) is 18.3 Å². The van der Waals surface area contributed by atoms with Gasteiger partial charge in [-0.15, -0.1) is 0 Å². The summed E-state index contributed by atoms with van der Waals surface area (Å²) in [6.07, 6.45) is -0.973. The molecular formula is C16H19F3N2OS. The quantitative estimate of drug-likeness (QED) is 0.668. The number of ether oxygens (including phenoxy) is 1. The molecule has 0 aromatic heterocycles. The number of hydrogen-bond acceptors (Lipinski definition) is 4. The molecule has 0 bridgehead atoms. The lowest BCUT2D eigenvalue weighted by atomic mass is 10.1. The van der Waals surface area contributed by atoms with Crippen LogP contribution in [0.25, 0.3) is 0 Å². The first kappa shape index (κ1) is 17.7. The summed E-state index contributed by atoms with van der Waals surface area (Å²) in [4.78, 5) is 0. The van der Waals surface area contributed by atoms with Gasteiger partial charge in [0, 0.05) is 12.1 Å². The van der Waals surface area contributed by atoms with Crippen molar-refractivity contribution in [2.45, 2.75) is 25.9 Å². The van der Waals surface area contributed by atoms with Crippen LogP contribution in [0.4, 0.5) is 13.2 Å². The Morgan fingerprint density at radius 1 is 1.43 bits per heavy atom. The van der Waals surface area contributed by atoms with Gasteiger partial charge in [0.15, 0.2) is 0 Å². The number of benzene rings is 1. The molecule has 2 rings (SSSR count). The highest BCUT2D eigenvalue weighted by Crippen LogP contribution is 2.37. The van der Waals surface area contributed by atoms with E-state index in [0.29, 0.717) is 10.9 Å². The van der Waals surface area contributed by atoms with E-state index in [9.17, 15) is 13.2 Å². The lowest BCUT2D eigenvalue weighted by molar-refractivity contribution is -0.137. The molecule has 0 saturated heterocycles. The van der Waals surface area contributed by atoms with Crippen LogP contribution in [0.1, 0.15) is 30.9 Å². The molecule has 7 heteroatoms. The van der Waals surface area contributed by atoms with Crippen LogP contribution in [0, 0.1) is 0 Å². The molecule has 1 aromatic rings. The van der Waals surface area contributed by atoms with Gasteiger partial charge in [0.25, 0.3) is 0 Å². The second kappa shape index (κ2) is 7.77. The van der Waals surface area contributed by atoms with E-state index in [0.717, 1.165) is 25.5 Å². The fourth-order valence-electron chi connectivity index (χ4n) is 2.10. The normalized spacial score (nSPS) is 14.8. The summed E-state index contributed by atoms with van der Waals surface area (Å²) in [6, 6.07) is 3.98. The molecular weight excluding hydrogens is 325 g/mol. The van der Waals surface area contributed by atoms with Gasteiger partial charge in [-0.25, -0.2) is 0 Å². The first-order valence-electron chi connectivity index (χ1n) is 7.37. The van der Waals surface area contributed by atoms with Crippen LogP contribution >= 0.6 is 11.8 Å². The number of halogens is 3. The van der Waals surface area contributed by atoms with Crippen molar-refractivity contribution in [2.75, 3.05) is 19.0 Å². The summed E-state index contributed by atoms with van der Waals surface area (Å²) >= 11 is 1.33. The van der Waals surface area contributed by atoms with E-state index >= 15 is 0 Å². The van der Waals surface area contributed by atoms with Gasteiger partial charge >= 0.3 is 6.18 Å². The Hall–Kier alpha value is -1.63. The highest BCUT2D eigenvalue weighted by Gasteiger charge is 2.36. The lowest BCUT2D eigenvalue weighted by Gasteiger charge is -2.14. The van der Waals surface area contributed by atoms with Gasteiger partial charge in [-0.3, -0.25) is 5.01 Å². The molecule has 1 aliphatic heterocycles. The molecule has 0 fully saturated rings. The predicted octanol–water partition coefficient (Wildman–Crippen LogP) is 4.74. The molecule has 0 amide bonds. The Morgan fingerprint density at radius 2 is 2.22 bits per heavy atom. The number of alkyl halides is 3. The molecule has 3 nitrogen and oxygen atoms in total. The van der Waals surface area contributed by atoms with Crippen molar-refractivity contribution < 1.29 is 17.9 Å². The first-order chi connectivity index (χ1) is 11.0. The summed E-state index contributed by atoms with van der Waals surface area (Å²) in [5.41, 5.74) is -0.616. The molecule has 0 atom stereocenters. The number of hydrogen-bond donors (Lipinski definition) is 0. The zero-order valence-corrected chi connectivity index (χ0v) is 13.7. The van der Waals surface area contributed by atoms with Gasteiger partial charge < -0.3 is 4.74 Å². The fourth-order valence-corrected chi connectivity index (χ4v) is 3.06. The van der Waals surface area contributed by atoms with E-state index in [1.54, 1.807) is 0 Å². The van der Waals surface area contributed by atoms with Crippen molar-refractivity contribution in [1.82, 2.24) is 5.01 Å². The molecule has 0 N–H and O–H groups in total. The third-order valence-corrected chi connectivity index (χ3v) is 4.25. The Labute approximate surface area is 138 Å².